The summed E-state index contributed by atoms with van der Waals surface area (Å²) in [5.41, 5.74) is 7.90. The van der Waals surface area contributed by atoms with Crippen LogP contribution in [0.5, 0.6) is 0 Å². The van der Waals surface area contributed by atoms with Gasteiger partial charge in [0.25, 0.3) is 0 Å². The van der Waals surface area contributed by atoms with Crippen LogP contribution in [0.3, 0.4) is 0 Å². The molecule has 0 aliphatic carbocycles. The first kappa shape index (κ1) is 24.7. The Hall–Kier alpha value is -5.01. The van der Waals surface area contributed by atoms with Gasteiger partial charge in [0.15, 0.2) is 5.92 Å². The predicted molar refractivity (Wildman–Crippen MR) is 150 cm³/mol. The number of carbonyl (C=O) groups is 1. The fourth-order valence-electron chi connectivity index (χ4n) is 5.13. The average Bonchev–Trinajstić information content (AvgIpc) is 2.99. The van der Waals surface area contributed by atoms with Gasteiger partial charge in [0.05, 0.1) is 24.3 Å². The van der Waals surface area contributed by atoms with E-state index in [4.69, 9.17) is 4.74 Å². The van der Waals surface area contributed by atoms with E-state index in [-0.39, 0.29) is 0 Å². The number of nitrogens with zero attached hydrogens (tertiary/aromatic N) is 2. The van der Waals surface area contributed by atoms with Gasteiger partial charge in [0.2, 0.25) is 11.4 Å². The van der Waals surface area contributed by atoms with Gasteiger partial charge in [-0.25, -0.2) is 0 Å². The number of ether oxygens (including phenoxy) is 1. The molecule has 4 nitrogen and oxygen atoms in total. The van der Waals surface area contributed by atoms with Crippen LogP contribution in [0.25, 0.3) is 44.8 Å². The monoisotopic (exact) mass is 495 g/mol. The van der Waals surface area contributed by atoms with Crippen LogP contribution in [-0.2, 0) is 16.6 Å². The van der Waals surface area contributed by atoms with Crippen LogP contribution < -0.4 is 4.57 Å². The van der Waals surface area contributed by atoms with Crippen molar-refractivity contribution in [1.29, 1.82) is 5.26 Å². The Morgan fingerprint density at radius 2 is 1.00 bits per heavy atom. The van der Waals surface area contributed by atoms with E-state index >= 15 is 0 Å². The SMILES string of the molecule is COC(=O)C(C#N)c1c(-c2ccccc2)c(-c2ccccc2)[n+](C)c(-c2ccccc2)c1-c1ccccc1. The lowest BCUT2D eigenvalue weighted by atomic mass is 9.80. The molecule has 38 heavy (non-hydrogen) atoms. The first-order chi connectivity index (χ1) is 18.7. The smallest absolute Gasteiger partial charge is 0.327 e. The van der Waals surface area contributed by atoms with E-state index < -0.39 is 11.9 Å². The summed E-state index contributed by atoms with van der Waals surface area (Å²) in [6, 6.07) is 42.4. The van der Waals surface area contributed by atoms with Gasteiger partial charge in [-0.3, -0.25) is 4.79 Å². The zero-order valence-electron chi connectivity index (χ0n) is 21.3. The maximum Gasteiger partial charge on any atom is 0.327 e. The maximum absolute atomic E-state index is 13.2. The molecular weight excluding hydrogens is 468 g/mol. The number of rotatable bonds is 6. The summed E-state index contributed by atoms with van der Waals surface area (Å²) in [5, 5.41) is 10.5. The summed E-state index contributed by atoms with van der Waals surface area (Å²) in [4.78, 5) is 13.2. The molecule has 184 valence electrons. The van der Waals surface area contributed by atoms with Crippen molar-refractivity contribution in [1.82, 2.24) is 0 Å². The molecule has 0 amide bonds. The topological polar surface area (TPSA) is 54.0 Å². The fourth-order valence-corrected chi connectivity index (χ4v) is 5.13. The third-order valence-electron chi connectivity index (χ3n) is 6.76. The Morgan fingerprint density at radius 3 is 1.32 bits per heavy atom. The predicted octanol–water partition coefficient (Wildman–Crippen LogP) is 6.96. The van der Waals surface area contributed by atoms with Crippen molar-refractivity contribution in [2.24, 2.45) is 7.05 Å². The van der Waals surface area contributed by atoms with Crippen molar-refractivity contribution in [3.05, 3.63) is 127 Å². The van der Waals surface area contributed by atoms with Crippen LogP contribution in [0.15, 0.2) is 121 Å². The minimum absolute atomic E-state index is 0.589. The highest BCUT2D eigenvalue weighted by molar-refractivity contribution is 5.97. The van der Waals surface area contributed by atoms with Crippen molar-refractivity contribution in [3.8, 4) is 50.8 Å². The molecule has 0 saturated heterocycles. The summed E-state index contributed by atoms with van der Waals surface area (Å²) >= 11 is 0. The van der Waals surface area contributed by atoms with Gasteiger partial charge in [-0.15, -0.1) is 0 Å². The Kier molecular flexibility index (Phi) is 7.10. The zero-order chi connectivity index (χ0) is 26.5. The van der Waals surface area contributed by atoms with Gasteiger partial charge in [0, 0.05) is 16.7 Å². The van der Waals surface area contributed by atoms with E-state index in [9.17, 15) is 10.1 Å². The second-order valence-corrected chi connectivity index (χ2v) is 8.97. The normalized spacial score (nSPS) is 11.4. The molecule has 0 radical (unpaired) electrons. The Labute approximate surface area is 223 Å². The van der Waals surface area contributed by atoms with Gasteiger partial charge in [0.1, 0.15) is 7.05 Å². The standard InChI is InChI=1S/C34H27N2O2/c1-36-32(26-19-11-5-12-20-26)29(24-15-7-3-8-16-24)31(28(23-35)34(37)38-2)30(25-17-9-4-10-18-25)33(36)27-21-13-6-14-22-27/h3-22,28H,1-2H3/q+1. The van der Waals surface area contributed by atoms with Crippen LogP contribution in [0.4, 0.5) is 0 Å². The summed E-state index contributed by atoms with van der Waals surface area (Å²) in [6.45, 7) is 0. The molecule has 0 fully saturated rings. The molecular formula is C34H27N2O2+. The van der Waals surface area contributed by atoms with Gasteiger partial charge in [-0.1, -0.05) is 97.1 Å². The minimum Gasteiger partial charge on any atom is -0.468 e. The van der Waals surface area contributed by atoms with E-state index in [1.54, 1.807) is 0 Å². The highest BCUT2D eigenvalue weighted by atomic mass is 16.5. The van der Waals surface area contributed by atoms with E-state index in [1.807, 2.05) is 104 Å². The molecule has 1 aromatic heterocycles. The lowest BCUT2D eigenvalue weighted by Gasteiger charge is -2.23. The van der Waals surface area contributed by atoms with Crippen LogP contribution >= 0.6 is 0 Å². The lowest BCUT2D eigenvalue weighted by Crippen LogP contribution is -2.37. The molecule has 0 aliphatic heterocycles. The maximum atomic E-state index is 13.2. The molecule has 0 saturated carbocycles. The van der Waals surface area contributed by atoms with Crippen LogP contribution in [0, 0.1) is 11.3 Å². The third kappa shape index (κ3) is 4.47. The van der Waals surface area contributed by atoms with E-state index in [0.29, 0.717) is 5.56 Å². The fraction of sp³-hybridized carbons (Fsp3) is 0.0882. The lowest BCUT2D eigenvalue weighted by molar-refractivity contribution is -0.648. The number of pyridine rings is 1. The third-order valence-corrected chi connectivity index (χ3v) is 6.76. The molecule has 0 bridgehead atoms. The number of nitriles is 1. The van der Waals surface area contributed by atoms with Crippen LogP contribution in [0.2, 0.25) is 0 Å². The number of esters is 1. The first-order valence-electron chi connectivity index (χ1n) is 12.4. The summed E-state index contributed by atoms with van der Waals surface area (Å²) in [6.07, 6.45) is 0. The molecule has 1 atom stereocenters. The van der Waals surface area contributed by atoms with Crippen molar-refractivity contribution in [2.45, 2.75) is 5.92 Å². The molecule has 4 heteroatoms. The number of hydrogen-bond donors (Lipinski definition) is 0. The molecule has 0 aliphatic rings. The van der Waals surface area contributed by atoms with Gasteiger partial charge >= 0.3 is 5.97 Å². The zero-order valence-corrected chi connectivity index (χ0v) is 21.3. The second kappa shape index (κ2) is 10.9. The van der Waals surface area contributed by atoms with Gasteiger partial charge in [-0.05, 0) is 35.4 Å². The van der Waals surface area contributed by atoms with Crippen LogP contribution in [0.1, 0.15) is 11.5 Å². The summed E-state index contributed by atoms with van der Waals surface area (Å²) in [5.74, 6) is -1.73. The first-order valence-corrected chi connectivity index (χ1v) is 12.4. The van der Waals surface area contributed by atoms with Crippen molar-refractivity contribution in [3.63, 3.8) is 0 Å². The largest absolute Gasteiger partial charge is 0.468 e. The minimum atomic E-state index is -1.14. The van der Waals surface area contributed by atoms with E-state index in [2.05, 4.69) is 34.9 Å². The molecule has 5 rings (SSSR count). The number of carbonyl (C=O) groups excluding carboxylic acids is 1. The molecule has 1 heterocycles. The number of methoxy groups -OCH3 is 1. The van der Waals surface area contributed by atoms with Crippen molar-refractivity contribution < 1.29 is 14.1 Å². The Balaban J connectivity index is 2.08. The Bertz CT molecular complexity index is 1500. The summed E-state index contributed by atoms with van der Waals surface area (Å²) < 4.78 is 7.38. The van der Waals surface area contributed by atoms with Crippen molar-refractivity contribution in [2.75, 3.05) is 7.11 Å². The molecule has 0 spiro atoms. The Morgan fingerprint density at radius 1 is 0.658 bits per heavy atom. The van der Waals surface area contributed by atoms with Gasteiger partial charge in [-0.2, -0.15) is 9.83 Å². The quantitative estimate of drug-likeness (QED) is 0.189. The number of hydrogen-bond acceptors (Lipinski definition) is 3. The highest BCUT2D eigenvalue weighted by Crippen LogP contribution is 2.45. The number of aromatic nitrogens is 1. The second-order valence-electron chi connectivity index (χ2n) is 8.97. The molecule has 1 unspecified atom stereocenters. The van der Waals surface area contributed by atoms with E-state index in [1.165, 1.54) is 7.11 Å². The summed E-state index contributed by atoms with van der Waals surface area (Å²) in [7, 11) is 3.38. The van der Waals surface area contributed by atoms with Crippen molar-refractivity contribution >= 4 is 5.97 Å². The molecule has 0 N–H and O–H groups in total. The number of benzene rings is 4. The average molecular weight is 496 g/mol. The molecule has 4 aromatic carbocycles. The highest BCUT2D eigenvalue weighted by Gasteiger charge is 2.38. The van der Waals surface area contributed by atoms with E-state index in [0.717, 1.165) is 44.8 Å². The molecule has 5 aromatic rings. The van der Waals surface area contributed by atoms with Crippen LogP contribution in [-0.4, -0.2) is 13.1 Å². The van der Waals surface area contributed by atoms with Gasteiger partial charge < -0.3 is 4.74 Å².